The second kappa shape index (κ2) is 5.00. The standard InChI is InChI=1S/C10H18O3/c1-5-7-10(4,8(3)11)9(12)13-6-2/h5-7H2,1-4H3/t10-/m0/s1. The van der Waals surface area contributed by atoms with Crippen molar-refractivity contribution in [3.05, 3.63) is 0 Å². The molecule has 3 heteroatoms. The first kappa shape index (κ1) is 12.1. The van der Waals surface area contributed by atoms with E-state index in [1.165, 1.54) is 6.92 Å². The van der Waals surface area contributed by atoms with Crippen LogP contribution in [0.3, 0.4) is 0 Å². The van der Waals surface area contributed by atoms with Gasteiger partial charge in [-0.15, -0.1) is 0 Å². The van der Waals surface area contributed by atoms with Crippen LogP contribution >= 0.6 is 0 Å². The fourth-order valence-electron chi connectivity index (χ4n) is 1.21. The van der Waals surface area contributed by atoms with Crippen molar-refractivity contribution >= 4 is 11.8 Å². The molecule has 0 N–H and O–H groups in total. The van der Waals surface area contributed by atoms with Crippen LogP contribution in [0.5, 0.6) is 0 Å². The van der Waals surface area contributed by atoms with Crippen molar-refractivity contribution in [2.75, 3.05) is 6.61 Å². The molecule has 0 rings (SSSR count). The zero-order valence-electron chi connectivity index (χ0n) is 8.85. The molecular weight excluding hydrogens is 168 g/mol. The van der Waals surface area contributed by atoms with Gasteiger partial charge in [-0.3, -0.25) is 9.59 Å². The predicted octanol–water partition coefficient (Wildman–Crippen LogP) is 1.94. The van der Waals surface area contributed by atoms with Crippen molar-refractivity contribution in [1.82, 2.24) is 0 Å². The minimum absolute atomic E-state index is 0.118. The molecule has 76 valence electrons. The van der Waals surface area contributed by atoms with Gasteiger partial charge in [0.2, 0.25) is 0 Å². The summed E-state index contributed by atoms with van der Waals surface area (Å²) >= 11 is 0. The molecule has 0 aromatic rings. The lowest BCUT2D eigenvalue weighted by atomic mass is 9.82. The van der Waals surface area contributed by atoms with Crippen molar-refractivity contribution < 1.29 is 14.3 Å². The van der Waals surface area contributed by atoms with E-state index >= 15 is 0 Å². The average molecular weight is 186 g/mol. The van der Waals surface area contributed by atoms with Crippen molar-refractivity contribution in [2.24, 2.45) is 5.41 Å². The zero-order valence-corrected chi connectivity index (χ0v) is 8.85. The van der Waals surface area contributed by atoms with E-state index in [1.807, 2.05) is 6.92 Å². The summed E-state index contributed by atoms with van der Waals surface area (Å²) in [6.07, 6.45) is 1.36. The van der Waals surface area contributed by atoms with Crippen molar-refractivity contribution in [2.45, 2.75) is 40.5 Å². The average Bonchev–Trinajstić information content (AvgIpc) is 2.04. The summed E-state index contributed by atoms with van der Waals surface area (Å²) in [5.74, 6) is -0.517. The Morgan fingerprint density at radius 2 is 1.85 bits per heavy atom. The van der Waals surface area contributed by atoms with E-state index in [0.717, 1.165) is 6.42 Å². The van der Waals surface area contributed by atoms with E-state index in [9.17, 15) is 9.59 Å². The Hall–Kier alpha value is -0.860. The molecular formula is C10H18O3. The third-order valence-electron chi connectivity index (χ3n) is 2.25. The lowest BCUT2D eigenvalue weighted by Gasteiger charge is -2.23. The van der Waals surface area contributed by atoms with Gasteiger partial charge in [0, 0.05) is 0 Å². The van der Waals surface area contributed by atoms with E-state index in [4.69, 9.17) is 4.74 Å². The number of carbonyl (C=O) groups is 2. The molecule has 3 nitrogen and oxygen atoms in total. The quantitative estimate of drug-likeness (QED) is 0.487. The largest absolute Gasteiger partial charge is 0.465 e. The van der Waals surface area contributed by atoms with Crippen LogP contribution in [0.4, 0.5) is 0 Å². The second-order valence-electron chi connectivity index (χ2n) is 3.36. The third-order valence-corrected chi connectivity index (χ3v) is 2.25. The molecule has 13 heavy (non-hydrogen) atoms. The van der Waals surface area contributed by atoms with Gasteiger partial charge in [0.1, 0.15) is 11.2 Å². The molecule has 0 saturated heterocycles. The molecule has 0 aliphatic carbocycles. The molecule has 0 heterocycles. The summed E-state index contributed by atoms with van der Waals surface area (Å²) in [7, 11) is 0. The number of carbonyl (C=O) groups excluding carboxylic acids is 2. The van der Waals surface area contributed by atoms with E-state index in [0.29, 0.717) is 13.0 Å². The molecule has 0 fully saturated rings. The van der Waals surface area contributed by atoms with Gasteiger partial charge in [-0.1, -0.05) is 13.3 Å². The summed E-state index contributed by atoms with van der Waals surface area (Å²) in [4.78, 5) is 22.7. The molecule has 0 saturated carbocycles. The van der Waals surface area contributed by atoms with E-state index in [1.54, 1.807) is 13.8 Å². The van der Waals surface area contributed by atoms with E-state index < -0.39 is 11.4 Å². The van der Waals surface area contributed by atoms with Gasteiger partial charge in [0.05, 0.1) is 6.61 Å². The molecule has 1 atom stereocenters. The van der Waals surface area contributed by atoms with Crippen LogP contribution in [0.1, 0.15) is 40.5 Å². The van der Waals surface area contributed by atoms with Gasteiger partial charge in [-0.05, 0) is 27.2 Å². The summed E-state index contributed by atoms with van der Waals surface area (Å²) in [5.41, 5.74) is -0.940. The predicted molar refractivity (Wildman–Crippen MR) is 50.3 cm³/mol. The van der Waals surface area contributed by atoms with E-state index in [2.05, 4.69) is 0 Å². The Labute approximate surface area is 79.5 Å². The Morgan fingerprint density at radius 1 is 1.31 bits per heavy atom. The molecule has 0 bridgehead atoms. The molecule has 0 aliphatic rings. The van der Waals surface area contributed by atoms with Crippen LogP contribution in [-0.2, 0) is 14.3 Å². The highest BCUT2D eigenvalue weighted by molar-refractivity contribution is 6.02. The van der Waals surface area contributed by atoms with Crippen molar-refractivity contribution in [1.29, 1.82) is 0 Å². The number of rotatable bonds is 5. The lowest BCUT2D eigenvalue weighted by molar-refractivity contribution is -0.158. The van der Waals surface area contributed by atoms with Gasteiger partial charge in [-0.25, -0.2) is 0 Å². The van der Waals surface area contributed by atoms with Crippen molar-refractivity contribution in [3.8, 4) is 0 Å². The van der Waals surface area contributed by atoms with Crippen LogP contribution in [0.15, 0.2) is 0 Å². The molecule has 0 unspecified atom stereocenters. The number of esters is 1. The number of hydrogen-bond donors (Lipinski definition) is 0. The summed E-state index contributed by atoms with van der Waals surface area (Å²) in [6, 6.07) is 0. The number of ether oxygens (including phenoxy) is 1. The van der Waals surface area contributed by atoms with Gasteiger partial charge < -0.3 is 4.74 Å². The van der Waals surface area contributed by atoms with Gasteiger partial charge in [-0.2, -0.15) is 0 Å². The Bertz CT molecular complexity index is 198. The Kier molecular flexibility index (Phi) is 4.67. The maximum absolute atomic E-state index is 11.5. The third kappa shape index (κ3) is 2.83. The van der Waals surface area contributed by atoms with Gasteiger partial charge >= 0.3 is 5.97 Å². The van der Waals surface area contributed by atoms with Crippen LogP contribution in [0.25, 0.3) is 0 Å². The first-order chi connectivity index (χ1) is 5.99. The first-order valence-electron chi connectivity index (χ1n) is 4.67. The SMILES string of the molecule is CCC[C@@](C)(C(C)=O)C(=O)OCC. The molecule has 0 spiro atoms. The normalized spacial score (nSPS) is 14.8. The molecule has 0 radical (unpaired) electrons. The lowest BCUT2D eigenvalue weighted by Crippen LogP contribution is -2.36. The smallest absolute Gasteiger partial charge is 0.319 e. The Morgan fingerprint density at radius 3 is 2.15 bits per heavy atom. The zero-order chi connectivity index (χ0) is 10.5. The molecule has 0 aromatic heterocycles. The van der Waals surface area contributed by atoms with Crippen LogP contribution in [-0.4, -0.2) is 18.4 Å². The molecule has 0 aliphatic heterocycles. The number of ketones is 1. The molecule has 0 aromatic carbocycles. The fourth-order valence-corrected chi connectivity index (χ4v) is 1.21. The highest BCUT2D eigenvalue weighted by Gasteiger charge is 2.38. The fraction of sp³-hybridized carbons (Fsp3) is 0.800. The van der Waals surface area contributed by atoms with Crippen LogP contribution in [0.2, 0.25) is 0 Å². The summed E-state index contributed by atoms with van der Waals surface area (Å²) < 4.78 is 4.86. The highest BCUT2D eigenvalue weighted by atomic mass is 16.5. The van der Waals surface area contributed by atoms with E-state index in [-0.39, 0.29) is 5.78 Å². The monoisotopic (exact) mass is 186 g/mol. The van der Waals surface area contributed by atoms with Gasteiger partial charge in [0.15, 0.2) is 0 Å². The number of Topliss-reactive ketones (excluding diaryl/α,β-unsaturated/α-hetero) is 1. The number of hydrogen-bond acceptors (Lipinski definition) is 3. The topological polar surface area (TPSA) is 43.4 Å². The minimum Gasteiger partial charge on any atom is -0.465 e. The minimum atomic E-state index is -0.940. The summed E-state index contributed by atoms with van der Waals surface area (Å²) in [6.45, 7) is 7.10. The maximum atomic E-state index is 11.5. The van der Waals surface area contributed by atoms with Crippen molar-refractivity contribution in [3.63, 3.8) is 0 Å². The Balaban J connectivity index is 4.57. The maximum Gasteiger partial charge on any atom is 0.319 e. The summed E-state index contributed by atoms with van der Waals surface area (Å²) in [5, 5.41) is 0. The van der Waals surface area contributed by atoms with Gasteiger partial charge in [0.25, 0.3) is 0 Å². The second-order valence-corrected chi connectivity index (χ2v) is 3.36. The van der Waals surface area contributed by atoms with Crippen LogP contribution in [0, 0.1) is 5.41 Å². The highest BCUT2D eigenvalue weighted by Crippen LogP contribution is 2.26. The molecule has 0 amide bonds. The van der Waals surface area contributed by atoms with Crippen LogP contribution < -0.4 is 0 Å². The first-order valence-corrected chi connectivity index (χ1v) is 4.67.